The van der Waals surface area contributed by atoms with E-state index >= 15 is 0 Å². The smallest absolute Gasteiger partial charge is 0.229 e. The Balaban J connectivity index is 1.51. The fourth-order valence-electron chi connectivity index (χ4n) is 4.92. The zero-order valence-electron chi connectivity index (χ0n) is 20.1. The Labute approximate surface area is 212 Å². The summed E-state index contributed by atoms with van der Waals surface area (Å²) < 4.78 is 54.6. The van der Waals surface area contributed by atoms with Gasteiger partial charge in [-0.1, -0.05) is 6.92 Å². The van der Waals surface area contributed by atoms with E-state index in [0.29, 0.717) is 23.6 Å². The molecular weight excluding hydrogens is 502 g/mol. The fraction of sp³-hybridized carbons (Fsp3) is 0.320. The van der Waals surface area contributed by atoms with Crippen molar-refractivity contribution >= 4 is 27.0 Å². The molecule has 1 fully saturated rings. The van der Waals surface area contributed by atoms with Crippen LogP contribution in [-0.2, 0) is 9.84 Å². The molecule has 0 aliphatic heterocycles. The van der Waals surface area contributed by atoms with Crippen LogP contribution in [0.4, 0.5) is 20.4 Å². The van der Waals surface area contributed by atoms with Crippen LogP contribution in [0.1, 0.15) is 31.2 Å². The highest BCUT2D eigenvalue weighted by molar-refractivity contribution is 7.90. The van der Waals surface area contributed by atoms with Crippen molar-refractivity contribution in [2.24, 2.45) is 11.7 Å². The first-order valence-electron chi connectivity index (χ1n) is 11.7. The Bertz CT molecular complexity index is 1560. The summed E-state index contributed by atoms with van der Waals surface area (Å²) in [5.41, 5.74) is 7.92. The summed E-state index contributed by atoms with van der Waals surface area (Å²) in [5.74, 6) is -1.66. The van der Waals surface area contributed by atoms with E-state index in [2.05, 4.69) is 20.4 Å². The molecule has 194 valence electrons. The summed E-state index contributed by atoms with van der Waals surface area (Å²) in [6, 6.07) is 6.16. The molecule has 5 rings (SSSR count). The number of aliphatic hydroxyl groups excluding tert-OH is 1. The Kier molecular flexibility index (Phi) is 6.42. The second-order valence-corrected chi connectivity index (χ2v) is 11.6. The molecule has 0 bridgehead atoms. The van der Waals surface area contributed by atoms with Gasteiger partial charge in [0.25, 0.3) is 0 Å². The molecule has 0 saturated heterocycles. The topological polar surface area (TPSA) is 136 Å². The number of rotatable bonds is 5. The third kappa shape index (κ3) is 4.79. The number of nitrogens with zero attached hydrogens (tertiary/aromatic N) is 4. The summed E-state index contributed by atoms with van der Waals surface area (Å²) in [7, 11) is -3.79. The van der Waals surface area contributed by atoms with E-state index in [4.69, 9.17) is 5.73 Å². The SMILES string of the molecule is CC1CC(c2ccncc2Nc2ncc3ccc(-c4c(F)cc(S(C)(=O)=O)cc4F)nn23)CC(N)C1O. The molecule has 0 radical (unpaired) electrons. The molecule has 4 N–H and O–H groups in total. The van der Waals surface area contributed by atoms with Gasteiger partial charge in [-0.25, -0.2) is 22.2 Å². The van der Waals surface area contributed by atoms with Crippen molar-refractivity contribution in [1.82, 2.24) is 19.6 Å². The van der Waals surface area contributed by atoms with Gasteiger partial charge in [0.1, 0.15) is 11.6 Å². The van der Waals surface area contributed by atoms with Crippen molar-refractivity contribution in [2.75, 3.05) is 11.6 Å². The van der Waals surface area contributed by atoms with Gasteiger partial charge in [-0.05, 0) is 60.6 Å². The van der Waals surface area contributed by atoms with Crippen LogP contribution in [-0.4, -0.2) is 51.5 Å². The Hall–Kier alpha value is -3.48. The molecule has 0 amide bonds. The number of hydrogen-bond acceptors (Lipinski definition) is 8. The summed E-state index contributed by atoms with van der Waals surface area (Å²) >= 11 is 0. The van der Waals surface area contributed by atoms with Crippen LogP contribution < -0.4 is 11.1 Å². The van der Waals surface area contributed by atoms with Gasteiger partial charge in [0.2, 0.25) is 5.95 Å². The van der Waals surface area contributed by atoms with Crippen LogP contribution in [0.25, 0.3) is 16.8 Å². The quantitative estimate of drug-likeness (QED) is 0.359. The molecule has 37 heavy (non-hydrogen) atoms. The number of nitrogens with two attached hydrogens (primary N) is 1. The van der Waals surface area contributed by atoms with Crippen LogP contribution in [0.5, 0.6) is 0 Å². The van der Waals surface area contributed by atoms with Crippen molar-refractivity contribution in [3.8, 4) is 11.3 Å². The number of sulfone groups is 1. The standard InChI is InChI=1S/C25H26F2N6O3S/c1-13-7-14(8-20(28)24(13)34)17-5-6-29-12-22(17)31-25-30-11-15-3-4-21(32-33(15)25)23-18(26)9-16(10-19(23)27)37(2,35)36/h3-6,9-14,20,24,34H,7-8,28H2,1-2H3,(H,30,31). The van der Waals surface area contributed by atoms with Crippen molar-refractivity contribution in [3.05, 3.63) is 66.1 Å². The van der Waals surface area contributed by atoms with Gasteiger partial charge < -0.3 is 16.2 Å². The van der Waals surface area contributed by atoms with Crippen LogP contribution in [0, 0.1) is 17.6 Å². The highest BCUT2D eigenvalue weighted by Crippen LogP contribution is 2.39. The molecule has 9 nitrogen and oxygen atoms in total. The van der Waals surface area contributed by atoms with E-state index < -0.39 is 38.0 Å². The zero-order chi connectivity index (χ0) is 26.5. The average molecular weight is 529 g/mol. The maximum Gasteiger partial charge on any atom is 0.229 e. The molecule has 4 unspecified atom stereocenters. The molecule has 1 aliphatic carbocycles. The first-order chi connectivity index (χ1) is 17.5. The summed E-state index contributed by atoms with van der Waals surface area (Å²) in [6.45, 7) is 1.97. The van der Waals surface area contributed by atoms with Gasteiger partial charge in [0.15, 0.2) is 9.84 Å². The molecule has 1 saturated carbocycles. The molecule has 1 aliphatic rings. The van der Waals surface area contributed by atoms with Gasteiger partial charge in [0, 0.05) is 18.5 Å². The number of benzene rings is 1. The molecule has 0 spiro atoms. The van der Waals surface area contributed by atoms with E-state index in [0.717, 1.165) is 30.4 Å². The average Bonchev–Trinajstić information content (AvgIpc) is 3.23. The number of aliphatic hydroxyl groups is 1. The van der Waals surface area contributed by atoms with Crippen molar-refractivity contribution in [3.63, 3.8) is 0 Å². The Morgan fingerprint density at radius 2 is 1.86 bits per heavy atom. The molecule has 4 atom stereocenters. The van der Waals surface area contributed by atoms with Crippen LogP contribution in [0.2, 0.25) is 0 Å². The number of fused-ring (bicyclic) bond motifs is 1. The predicted octanol–water partition coefficient (Wildman–Crippen LogP) is 3.42. The normalized spacial score (nSPS) is 22.3. The Morgan fingerprint density at radius 3 is 2.54 bits per heavy atom. The van der Waals surface area contributed by atoms with E-state index in [1.807, 2.05) is 13.0 Å². The molecular formula is C25H26F2N6O3S. The Morgan fingerprint density at radius 1 is 1.14 bits per heavy atom. The van der Waals surface area contributed by atoms with Crippen LogP contribution >= 0.6 is 0 Å². The zero-order valence-corrected chi connectivity index (χ0v) is 21.0. The minimum atomic E-state index is -3.79. The number of hydrogen-bond donors (Lipinski definition) is 3. The van der Waals surface area contributed by atoms with Crippen molar-refractivity contribution in [2.45, 2.75) is 42.7 Å². The van der Waals surface area contributed by atoms with Gasteiger partial charge in [-0.15, -0.1) is 0 Å². The monoisotopic (exact) mass is 528 g/mol. The van der Waals surface area contributed by atoms with Crippen molar-refractivity contribution in [1.29, 1.82) is 0 Å². The number of nitrogens with one attached hydrogen (secondary N) is 1. The summed E-state index contributed by atoms with van der Waals surface area (Å²) in [5, 5.41) is 17.9. The molecule has 12 heteroatoms. The largest absolute Gasteiger partial charge is 0.391 e. The molecule has 1 aromatic carbocycles. The number of anilines is 2. The summed E-state index contributed by atoms with van der Waals surface area (Å²) in [6.07, 6.45) is 6.59. The number of halogens is 2. The number of aromatic nitrogens is 4. The molecule has 3 heterocycles. The highest BCUT2D eigenvalue weighted by atomic mass is 32.2. The fourth-order valence-corrected chi connectivity index (χ4v) is 5.56. The highest BCUT2D eigenvalue weighted by Gasteiger charge is 2.34. The van der Waals surface area contributed by atoms with E-state index in [-0.39, 0.29) is 23.6 Å². The van der Waals surface area contributed by atoms with Crippen molar-refractivity contribution < 1.29 is 22.3 Å². The maximum atomic E-state index is 14.8. The molecule has 4 aromatic rings. The van der Waals surface area contributed by atoms with E-state index in [1.165, 1.54) is 10.6 Å². The summed E-state index contributed by atoms with van der Waals surface area (Å²) in [4.78, 5) is 8.14. The first kappa shape index (κ1) is 25.2. The second kappa shape index (κ2) is 9.43. The van der Waals surface area contributed by atoms with E-state index in [1.54, 1.807) is 24.7 Å². The molecule has 3 aromatic heterocycles. The third-order valence-corrected chi connectivity index (χ3v) is 7.95. The van der Waals surface area contributed by atoms with Gasteiger partial charge in [0.05, 0.1) is 45.9 Å². The van der Waals surface area contributed by atoms with Crippen LogP contribution in [0.15, 0.2) is 53.8 Å². The maximum absolute atomic E-state index is 14.8. The first-order valence-corrected chi connectivity index (χ1v) is 13.6. The number of imidazole rings is 1. The third-order valence-electron chi connectivity index (χ3n) is 6.86. The number of pyridine rings is 1. The second-order valence-electron chi connectivity index (χ2n) is 9.56. The minimum absolute atomic E-state index is 0.0314. The lowest BCUT2D eigenvalue weighted by Gasteiger charge is -2.36. The lowest BCUT2D eigenvalue weighted by Crippen LogP contribution is -2.44. The van der Waals surface area contributed by atoms with Gasteiger partial charge in [-0.2, -0.15) is 9.61 Å². The predicted molar refractivity (Wildman–Crippen MR) is 134 cm³/mol. The minimum Gasteiger partial charge on any atom is -0.391 e. The van der Waals surface area contributed by atoms with Crippen LogP contribution in [0.3, 0.4) is 0 Å². The van der Waals surface area contributed by atoms with Gasteiger partial charge >= 0.3 is 0 Å². The lowest BCUT2D eigenvalue weighted by atomic mass is 9.74. The van der Waals surface area contributed by atoms with Gasteiger partial charge in [-0.3, -0.25) is 4.98 Å². The lowest BCUT2D eigenvalue weighted by molar-refractivity contribution is 0.0521. The van der Waals surface area contributed by atoms with E-state index in [9.17, 15) is 22.3 Å².